The third-order valence-corrected chi connectivity index (χ3v) is 12.3. The van der Waals surface area contributed by atoms with Crippen molar-refractivity contribution in [1.82, 2.24) is 14.5 Å². The molecule has 0 fully saturated rings. The Morgan fingerprint density at radius 1 is 0.516 bits per heavy atom. The van der Waals surface area contributed by atoms with E-state index >= 15 is 0 Å². The van der Waals surface area contributed by atoms with Crippen LogP contribution in [0.4, 0.5) is 0 Å². The van der Waals surface area contributed by atoms with E-state index in [0.29, 0.717) is 11.7 Å². The number of imidazole rings is 1. The highest BCUT2D eigenvalue weighted by Crippen LogP contribution is 2.45. The van der Waals surface area contributed by atoms with Crippen LogP contribution in [0.2, 0.25) is 0 Å². The SMILES string of the molecule is CC(C)Cc1cc(-n2c(-c3cc(C(C)(C)C)cc(C(C)(C)C)c3O)nc3c(-c4cc(-c5ccccc5)cc(-c5cc(-c6ccccc6)ccn5)c4)cccc32)ccc1-c1ccccc1. The highest BCUT2D eigenvalue weighted by atomic mass is 16.3. The first kappa shape index (κ1) is 42.3. The van der Waals surface area contributed by atoms with Crippen LogP contribution in [0, 0.1) is 5.92 Å². The predicted molar refractivity (Wildman–Crippen MR) is 269 cm³/mol. The van der Waals surface area contributed by atoms with E-state index in [0.717, 1.165) is 84.5 Å². The Balaban J connectivity index is 1.33. The van der Waals surface area contributed by atoms with E-state index in [-0.39, 0.29) is 16.6 Å². The molecule has 9 aromatic rings. The summed E-state index contributed by atoms with van der Waals surface area (Å²) in [7, 11) is 0. The lowest BCUT2D eigenvalue weighted by atomic mass is 9.79. The fourth-order valence-electron chi connectivity index (χ4n) is 8.94. The lowest BCUT2D eigenvalue weighted by Crippen LogP contribution is -2.17. The summed E-state index contributed by atoms with van der Waals surface area (Å²) in [6.07, 6.45) is 2.82. The summed E-state index contributed by atoms with van der Waals surface area (Å²) in [5, 5.41) is 12.5. The molecule has 9 rings (SSSR count). The molecule has 0 aliphatic carbocycles. The van der Waals surface area contributed by atoms with Gasteiger partial charge in [-0.1, -0.05) is 171 Å². The normalized spacial score (nSPS) is 12.0. The van der Waals surface area contributed by atoms with Crippen LogP contribution in [0.25, 0.3) is 83.9 Å². The highest BCUT2D eigenvalue weighted by molar-refractivity contribution is 5.98. The fraction of sp³-hybridized carbons (Fsp3) is 0.200. The quantitative estimate of drug-likeness (QED) is 0.158. The number of para-hydroxylation sites is 1. The summed E-state index contributed by atoms with van der Waals surface area (Å²) in [6.45, 7) is 17.8. The number of benzene rings is 7. The zero-order chi connectivity index (χ0) is 44.8. The van der Waals surface area contributed by atoms with Crippen molar-refractivity contribution in [2.75, 3.05) is 0 Å². The van der Waals surface area contributed by atoms with Gasteiger partial charge in [-0.3, -0.25) is 9.55 Å². The van der Waals surface area contributed by atoms with Crippen LogP contribution in [0.15, 0.2) is 176 Å². The lowest BCUT2D eigenvalue weighted by Gasteiger charge is -2.27. The van der Waals surface area contributed by atoms with E-state index in [9.17, 15) is 5.11 Å². The molecule has 4 nitrogen and oxygen atoms in total. The molecular weight excluding hydrogens is 779 g/mol. The molecule has 0 spiro atoms. The van der Waals surface area contributed by atoms with Gasteiger partial charge in [0.2, 0.25) is 0 Å². The fourth-order valence-corrected chi connectivity index (χ4v) is 8.94. The van der Waals surface area contributed by atoms with Crippen LogP contribution in [0.1, 0.15) is 72.1 Å². The summed E-state index contributed by atoms with van der Waals surface area (Å²) in [5.41, 5.74) is 17.2. The number of hydrogen-bond donors (Lipinski definition) is 1. The molecule has 318 valence electrons. The monoisotopic (exact) mass is 835 g/mol. The molecule has 0 aliphatic heterocycles. The molecule has 0 atom stereocenters. The largest absolute Gasteiger partial charge is 0.507 e. The number of nitrogens with zero attached hydrogens (tertiary/aromatic N) is 3. The number of pyridine rings is 1. The molecule has 2 aromatic heterocycles. The van der Waals surface area contributed by atoms with Gasteiger partial charge in [0.25, 0.3) is 0 Å². The molecule has 0 radical (unpaired) electrons. The van der Waals surface area contributed by atoms with Gasteiger partial charge in [0.15, 0.2) is 0 Å². The van der Waals surface area contributed by atoms with Crippen LogP contribution >= 0.6 is 0 Å². The summed E-state index contributed by atoms with van der Waals surface area (Å²) in [5.74, 6) is 1.41. The van der Waals surface area contributed by atoms with Crippen LogP contribution in [-0.2, 0) is 17.3 Å². The molecule has 0 amide bonds. The molecule has 2 heterocycles. The van der Waals surface area contributed by atoms with Crippen molar-refractivity contribution in [3.05, 3.63) is 193 Å². The Bertz CT molecular complexity index is 3110. The van der Waals surface area contributed by atoms with E-state index in [4.69, 9.17) is 9.97 Å². The number of aromatic hydroxyl groups is 1. The van der Waals surface area contributed by atoms with Crippen molar-refractivity contribution >= 4 is 11.0 Å². The van der Waals surface area contributed by atoms with Crippen molar-refractivity contribution < 1.29 is 5.11 Å². The van der Waals surface area contributed by atoms with E-state index < -0.39 is 0 Å². The van der Waals surface area contributed by atoms with Gasteiger partial charge in [-0.2, -0.15) is 0 Å². The Morgan fingerprint density at radius 2 is 1.14 bits per heavy atom. The second kappa shape index (κ2) is 16.9. The molecule has 0 bridgehead atoms. The minimum absolute atomic E-state index is 0.174. The molecule has 0 aliphatic rings. The molecule has 0 unspecified atom stereocenters. The number of phenols is 1. The molecule has 1 N–H and O–H groups in total. The number of phenolic OH excluding ortho intramolecular Hbond substituents is 1. The van der Waals surface area contributed by atoms with Crippen molar-refractivity contribution in [3.63, 3.8) is 0 Å². The minimum atomic E-state index is -0.315. The maximum Gasteiger partial charge on any atom is 0.149 e. The standard InChI is InChI=1S/C60H57N3O/c1-39(2)31-45-35-49(27-28-50(45)42-23-16-11-17-24-42)63-55-26-18-25-51(56(55)62-58(63)52-37-48(59(3,4)5)38-53(57(52)64)60(6,7)8)46-32-44(41-21-14-10-15-22-41)33-47(34-46)54-36-43(29-30-61-54)40-19-12-9-13-20-40/h9-30,32-39,64H,31H2,1-8H3. The lowest BCUT2D eigenvalue weighted by molar-refractivity contribution is 0.446. The zero-order valence-electron chi connectivity index (χ0n) is 38.3. The first-order valence-corrected chi connectivity index (χ1v) is 22.5. The van der Waals surface area contributed by atoms with Gasteiger partial charge in [0, 0.05) is 28.6 Å². The summed E-state index contributed by atoms with van der Waals surface area (Å²) >= 11 is 0. The summed E-state index contributed by atoms with van der Waals surface area (Å²) < 4.78 is 2.28. The summed E-state index contributed by atoms with van der Waals surface area (Å²) in [4.78, 5) is 10.6. The van der Waals surface area contributed by atoms with Gasteiger partial charge in [0.1, 0.15) is 11.6 Å². The minimum Gasteiger partial charge on any atom is -0.507 e. The molecule has 0 saturated heterocycles. The topological polar surface area (TPSA) is 50.9 Å². The average Bonchev–Trinajstić information content (AvgIpc) is 3.68. The van der Waals surface area contributed by atoms with Crippen molar-refractivity contribution in [2.24, 2.45) is 5.92 Å². The van der Waals surface area contributed by atoms with Crippen LogP contribution in [-0.4, -0.2) is 19.6 Å². The number of aromatic nitrogens is 3. The number of rotatable bonds is 9. The van der Waals surface area contributed by atoms with E-state index in [1.54, 1.807) is 0 Å². The molecule has 4 heteroatoms. The van der Waals surface area contributed by atoms with Gasteiger partial charge in [0.05, 0.1) is 22.3 Å². The second-order valence-corrected chi connectivity index (χ2v) is 19.6. The smallest absolute Gasteiger partial charge is 0.149 e. The second-order valence-electron chi connectivity index (χ2n) is 19.6. The van der Waals surface area contributed by atoms with Gasteiger partial charge >= 0.3 is 0 Å². The maximum atomic E-state index is 12.5. The van der Waals surface area contributed by atoms with E-state index in [1.807, 2.05) is 12.3 Å². The highest BCUT2D eigenvalue weighted by Gasteiger charge is 2.29. The zero-order valence-corrected chi connectivity index (χ0v) is 38.3. The van der Waals surface area contributed by atoms with E-state index in [2.05, 4.69) is 224 Å². The van der Waals surface area contributed by atoms with Crippen LogP contribution in [0.3, 0.4) is 0 Å². The maximum absolute atomic E-state index is 12.5. The first-order chi connectivity index (χ1) is 30.7. The molecule has 64 heavy (non-hydrogen) atoms. The van der Waals surface area contributed by atoms with Crippen molar-refractivity contribution in [3.8, 4) is 78.6 Å². The van der Waals surface area contributed by atoms with Gasteiger partial charge in [-0.15, -0.1) is 0 Å². The Labute approximate surface area is 379 Å². The van der Waals surface area contributed by atoms with E-state index in [1.165, 1.54) is 16.7 Å². The van der Waals surface area contributed by atoms with Gasteiger partial charge < -0.3 is 5.11 Å². The van der Waals surface area contributed by atoms with Crippen LogP contribution in [0.5, 0.6) is 5.75 Å². The third kappa shape index (κ3) is 8.41. The van der Waals surface area contributed by atoms with Gasteiger partial charge in [-0.25, -0.2) is 4.98 Å². The molecule has 7 aromatic carbocycles. The van der Waals surface area contributed by atoms with Crippen LogP contribution < -0.4 is 0 Å². The third-order valence-electron chi connectivity index (χ3n) is 12.3. The predicted octanol–water partition coefficient (Wildman–Crippen LogP) is 15.9. The molecular formula is C60H57N3O. The molecule has 0 saturated carbocycles. The summed E-state index contributed by atoms with van der Waals surface area (Å²) in [6, 6.07) is 60.4. The Hall–Kier alpha value is -7.04. The van der Waals surface area contributed by atoms with Crippen molar-refractivity contribution in [2.45, 2.75) is 72.6 Å². The Morgan fingerprint density at radius 3 is 1.78 bits per heavy atom. The number of hydrogen-bond acceptors (Lipinski definition) is 3. The number of fused-ring (bicyclic) bond motifs is 1. The average molecular weight is 836 g/mol. The van der Waals surface area contributed by atoms with Gasteiger partial charge in [-0.05, 0) is 128 Å². The Kier molecular flexibility index (Phi) is 11.2. The first-order valence-electron chi connectivity index (χ1n) is 22.5. The van der Waals surface area contributed by atoms with Crippen molar-refractivity contribution in [1.29, 1.82) is 0 Å².